The van der Waals surface area contributed by atoms with Crippen LogP contribution < -0.4 is 0 Å². The molecule has 4 heteroatoms. The number of fused-ring (bicyclic) bond motifs is 1. The van der Waals surface area contributed by atoms with Crippen molar-refractivity contribution in [1.29, 1.82) is 0 Å². The molecule has 0 saturated heterocycles. The normalized spacial score (nSPS) is 9.55. The number of benzene rings is 1. The monoisotopic (exact) mass is 257 g/mol. The minimum absolute atomic E-state index is 0. The van der Waals surface area contributed by atoms with Gasteiger partial charge < -0.3 is 0 Å². The molecule has 11 heavy (non-hydrogen) atoms. The second-order valence-corrected chi connectivity index (χ2v) is 2.51. The van der Waals surface area contributed by atoms with E-state index in [0.29, 0.717) is 0 Å². The van der Waals surface area contributed by atoms with Gasteiger partial charge in [-0.25, -0.2) is 4.98 Å². The molecule has 0 unspecified atom stereocenters. The summed E-state index contributed by atoms with van der Waals surface area (Å²) in [4.78, 5) is 4.10. The van der Waals surface area contributed by atoms with Crippen LogP contribution in [0.15, 0.2) is 30.6 Å². The number of para-hydroxylation sites is 2. The van der Waals surface area contributed by atoms with Crippen LogP contribution in [0.25, 0.3) is 11.0 Å². The van der Waals surface area contributed by atoms with Crippen molar-refractivity contribution in [2.75, 3.05) is 0 Å². The number of imidazole rings is 1. The van der Waals surface area contributed by atoms with Crippen LogP contribution in [0, 0.1) is 0 Å². The molecule has 0 aliphatic rings. The van der Waals surface area contributed by atoms with E-state index in [1.807, 2.05) is 24.3 Å². The van der Waals surface area contributed by atoms with Gasteiger partial charge in [-0.2, -0.15) is 0 Å². The van der Waals surface area contributed by atoms with Gasteiger partial charge in [0.15, 0.2) is 0 Å². The van der Waals surface area contributed by atoms with Crippen LogP contribution >= 0.6 is 12.8 Å². The third-order valence-corrected chi connectivity index (χ3v) is 1.75. The minimum atomic E-state index is 0. The Morgan fingerprint density at radius 3 is 2.73 bits per heavy atom. The Balaban J connectivity index is 0.000000605. The topological polar surface area (TPSA) is 17.8 Å². The van der Waals surface area contributed by atoms with E-state index in [9.17, 15) is 0 Å². The third-order valence-electron chi connectivity index (χ3n) is 1.43. The molecule has 60 valence electrons. The van der Waals surface area contributed by atoms with Crippen LogP contribution in [0.3, 0.4) is 0 Å². The Labute approximate surface area is 85.7 Å². The van der Waals surface area contributed by atoms with Gasteiger partial charge in [-0.05, 0) is 12.1 Å². The smallest absolute Gasteiger partial charge is 0.275 e. The van der Waals surface area contributed by atoms with Crippen molar-refractivity contribution in [2.45, 2.75) is 0 Å². The van der Waals surface area contributed by atoms with E-state index >= 15 is 0 Å². The summed E-state index contributed by atoms with van der Waals surface area (Å²) < 4.78 is 1.70. The summed E-state index contributed by atoms with van der Waals surface area (Å²) in [6.07, 6.45) is 1.69. The summed E-state index contributed by atoms with van der Waals surface area (Å²) in [7, 11) is 0. The van der Waals surface area contributed by atoms with E-state index in [2.05, 4.69) is 17.8 Å². The first kappa shape index (κ1) is 8.87. The molecule has 0 fully saturated rings. The fraction of sp³-hybridized carbons (Fsp3) is 0. The summed E-state index contributed by atoms with van der Waals surface area (Å²) in [5.74, 6) is 0. The Bertz CT molecular complexity index is 358. The van der Waals surface area contributed by atoms with Crippen molar-refractivity contribution in [3.63, 3.8) is 0 Å². The van der Waals surface area contributed by atoms with Crippen molar-refractivity contribution in [1.82, 2.24) is 8.96 Å². The summed E-state index contributed by atoms with van der Waals surface area (Å²) in [5, 5.41) is 0. The van der Waals surface area contributed by atoms with E-state index in [1.54, 1.807) is 10.3 Å². The second-order valence-electron chi connectivity index (χ2n) is 2.08. The molecule has 2 aromatic rings. The van der Waals surface area contributed by atoms with Gasteiger partial charge in [0, 0.05) is 0 Å². The molecule has 0 spiro atoms. The maximum atomic E-state index is 4.16. The fourth-order valence-corrected chi connectivity index (χ4v) is 1.17. The van der Waals surface area contributed by atoms with E-state index in [4.69, 9.17) is 0 Å². The Kier molecular flexibility index (Phi) is 2.78. The van der Waals surface area contributed by atoms with E-state index < -0.39 is 0 Å². The van der Waals surface area contributed by atoms with Crippen LogP contribution in [0.5, 0.6) is 0 Å². The number of aromatic nitrogens is 2. The predicted octanol–water partition coefficient (Wildman–Crippen LogP) is 1.73. The first-order valence-electron chi connectivity index (χ1n) is 2.99. The van der Waals surface area contributed by atoms with Crippen LogP contribution in [0.1, 0.15) is 0 Å². The van der Waals surface area contributed by atoms with E-state index in [-0.39, 0.29) is 22.4 Å². The molecule has 0 bridgehead atoms. The van der Waals surface area contributed by atoms with Crippen molar-refractivity contribution in [3.05, 3.63) is 30.6 Å². The molecule has 0 saturated carbocycles. The first-order valence-corrected chi connectivity index (χ1v) is 3.39. The number of nitrogens with zero attached hydrogens (tertiary/aromatic N) is 2. The molecular weight excluding hydrogens is 252 g/mol. The molecule has 0 atom stereocenters. The summed E-state index contributed by atoms with van der Waals surface area (Å²) in [6, 6.07) is 7.87. The molecule has 1 heterocycles. The summed E-state index contributed by atoms with van der Waals surface area (Å²) in [6.45, 7) is 0. The van der Waals surface area contributed by atoms with Gasteiger partial charge in [0.05, 0.1) is 11.0 Å². The van der Waals surface area contributed by atoms with Crippen LogP contribution in [0.4, 0.5) is 0 Å². The predicted molar refractivity (Wildman–Crippen MR) is 44.1 cm³/mol. The van der Waals surface area contributed by atoms with Gasteiger partial charge in [0.1, 0.15) is 6.33 Å². The van der Waals surface area contributed by atoms with Gasteiger partial charge in [0.25, 0.3) is 0 Å². The van der Waals surface area contributed by atoms with Crippen LogP contribution in [-0.2, 0) is 22.4 Å². The maximum Gasteiger partial charge on any atom is 1.00 e. The number of thiol groups is 1. The molecule has 0 amide bonds. The van der Waals surface area contributed by atoms with Crippen LogP contribution in [-0.4, -0.2) is 8.96 Å². The molecule has 0 aliphatic carbocycles. The average molecular weight is 258 g/mol. The van der Waals surface area contributed by atoms with Gasteiger partial charge in [0.2, 0.25) is 0 Å². The maximum absolute atomic E-state index is 4.16. The zero-order valence-electron chi connectivity index (χ0n) is 5.53. The zero-order chi connectivity index (χ0) is 6.97. The standard InChI is InChI=1S/C7H6N2S.Ag/c10-9-5-8-6-3-1-2-4-7(6)9;/h1-5,10H;/q;+1. The van der Waals surface area contributed by atoms with Gasteiger partial charge in [-0.1, -0.05) is 24.9 Å². The quantitative estimate of drug-likeness (QED) is 0.562. The van der Waals surface area contributed by atoms with Crippen molar-refractivity contribution >= 4 is 23.8 Å². The fourth-order valence-electron chi connectivity index (χ4n) is 0.946. The average Bonchev–Trinajstić information content (AvgIpc) is 2.34. The molecule has 0 radical (unpaired) electrons. The summed E-state index contributed by atoms with van der Waals surface area (Å²) >= 11 is 4.16. The zero-order valence-corrected chi connectivity index (χ0v) is 7.91. The van der Waals surface area contributed by atoms with Crippen molar-refractivity contribution in [3.8, 4) is 0 Å². The Morgan fingerprint density at radius 1 is 1.27 bits per heavy atom. The second kappa shape index (κ2) is 3.45. The molecule has 1 aromatic carbocycles. The number of rotatable bonds is 0. The molecule has 0 N–H and O–H groups in total. The van der Waals surface area contributed by atoms with Gasteiger partial charge in [-0.15, -0.1) is 0 Å². The van der Waals surface area contributed by atoms with Crippen molar-refractivity contribution in [2.24, 2.45) is 0 Å². The van der Waals surface area contributed by atoms with Crippen molar-refractivity contribution < 1.29 is 22.4 Å². The molecule has 0 aliphatic heterocycles. The van der Waals surface area contributed by atoms with Gasteiger partial charge in [-0.3, -0.25) is 3.97 Å². The largest absolute Gasteiger partial charge is 1.00 e. The van der Waals surface area contributed by atoms with Crippen LogP contribution in [0.2, 0.25) is 0 Å². The Morgan fingerprint density at radius 2 is 2.00 bits per heavy atom. The molecule has 1 aromatic heterocycles. The minimum Gasteiger partial charge on any atom is -0.275 e. The third kappa shape index (κ3) is 1.51. The SMILES string of the molecule is Sn1cnc2ccccc21.[Ag+]. The molecule has 2 nitrogen and oxygen atoms in total. The number of hydrogen-bond donors (Lipinski definition) is 1. The number of hydrogen-bond acceptors (Lipinski definition) is 2. The molecule has 2 rings (SSSR count). The summed E-state index contributed by atoms with van der Waals surface area (Å²) in [5.41, 5.74) is 2.03. The van der Waals surface area contributed by atoms with E-state index in [1.165, 1.54) is 0 Å². The first-order chi connectivity index (χ1) is 4.88. The molecular formula is C7H6AgN2S+. The van der Waals surface area contributed by atoms with Gasteiger partial charge >= 0.3 is 22.4 Å². The van der Waals surface area contributed by atoms with E-state index in [0.717, 1.165) is 11.0 Å². The Hall–Kier alpha value is -0.220.